The summed E-state index contributed by atoms with van der Waals surface area (Å²) in [6.45, 7) is 5.16. The lowest BCUT2D eigenvalue weighted by atomic mass is 10.2. The number of carbonyl (C=O) groups is 2. The molecule has 16 heavy (non-hydrogen) atoms. The maximum absolute atomic E-state index is 11.3. The maximum Gasteiger partial charge on any atom is 0.328 e. The number of aliphatic carboxylic acids is 1. The maximum atomic E-state index is 11.3. The first-order valence-corrected chi connectivity index (χ1v) is 5.31. The van der Waals surface area contributed by atoms with E-state index in [-0.39, 0.29) is 12.5 Å². The Hall–Kier alpha value is -1.36. The molecule has 0 aliphatic heterocycles. The minimum atomic E-state index is -0.957. The summed E-state index contributed by atoms with van der Waals surface area (Å²) in [6.07, 6.45) is 2.06. The Morgan fingerprint density at radius 3 is 2.50 bits per heavy atom. The van der Waals surface area contributed by atoms with Crippen LogP contribution in [0.15, 0.2) is 11.6 Å². The molecule has 0 spiro atoms. The van der Waals surface area contributed by atoms with Gasteiger partial charge in [-0.25, -0.2) is 4.79 Å². The van der Waals surface area contributed by atoms with Crippen LogP contribution in [0.1, 0.15) is 20.3 Å². The second-order valence-electron chi connectivity index (χ2n) is 3.85. The van der Waals surface area contributed by atoms with Crippen molar-refractivity contribution in [3.8, 4) is 0 Å². The van der Waals surface area contributed by atoms with Crippen molar-refractivity contribution in [2.24, 2.45) is 0 Å². The first kappa shape index (κ1) is 14.6. The standard InChI is InChI=1S/C11H20N2O3/c1-4-5-12-10(14)8-13(3)7-9(2)6-11(15)16/h6H,4-5,7-8H2,1-3H3,(H,12,14)(H,15,16). The molecule has 0 saturated carbocycles. The molecule has 0 unspecified atom stereocenters. The van der Waals surface area contributed by atoms with E-state index in [4.69, 9.17) is 5.11 Å². The number of carboxylic acids is 1. The lowest BCUT2D eigenvalue weighted by Gasteiger charge is -2.16. The number of hydrogen-bond donors (Lipinski definition) is 2. The van der Waals surface area contributed by atoms with Gasteiger partial charge in [-0.15, -0.1) is 0 Å². The quantitative estimate of drug-likeness (QED) is 0.622. The van der Waals surface area contributed by atoms with E-state index in [1.807, 2.05) is 6.92 Å². The molecule has 0 aliphatic rings. The Bertz CT molecular complexity index is 274. The molecule has 2 N–H and O–H groups in total. The predicted octanol–water partition coefficient (Wildman–Crippen LogP) is 0.475. The number of carboxylic acid groups (broad SMARTS) is 1. The number of carbonyl (C=O) groups excluding carboxylic acids is 1. The van der Waals surface area contributed by atoms with E-state index in [9.17, 15) is 9.59 Å². The van der Waals surface area contributed by atoms with Crippen molar-refractivity contribution in [3.05, 3.63) is 11.6 Å². The SMILES string of the molecule is CCCNC(=O)CN(C)CC(C)=CC(=O)O. The minimum Gasteiger partial charge on any atom is -0.478 e. The molecule has 0 fully saturated rings. The van der Waals surface area contributed by atoms with Gasteiger partial charge in [0.05, 0.1) is 6.54 Å². The molecule has 0 bridgehead atoms. The number of nitrogens with one attached hydrogen (secondary N) is 1. The third kappa shape index (κ3) is 7.99. The van der Waals surface area contributed by atoms with E-state index in [1.165, 1.54) is 0 Å². The lowest BCUT2D eigenvalue weighted by molar-refractivity contribution is -0.131. The van der Waals surface area contributed by atoms with Gasteiger partial charge in [-0.05, 0) is 20.4 Å². The van der Waals surface area contributed by atoms with Crippen molar-refractivity contribution < 1.29 is 14.7 Å². The van der Waals surface area contributed by atoms with Gasteiger partial charge in [0.1, 0.15) is 0 Å². The molecule has 0 heterocycles. The van der Waals surface area contributed by atoms with Crippen molar-refractivity contribution >= 4 is 11.9 Å². The average Bonchev–Trinajstić information content (AvgIpc) is 2.12. The van der Waals surface area contributed by atoms with Crippen LogP contribution in [0.4, 0.5) is 0 Å². The second-order valence-corrected chi connectivity index (χ2v) is 3.85. The molecule has 0 aromatic heterocycles. The van der Waals surface area contributed by atoms with Crippen LogP contribution in [0.2, 0.25) is 0 Å². The summed E-state index contributed by atoms with van der Waals surface area (Å²) in [4.78, 5) is 23.5. The van der Waals surface area contributed by atoms with E-state index in [1.54, 1.807) is 18.9 Å². The van der Waals surface area contributed by atoms with Gasteiger partial charge in [0.25, 0.3) is 0 Å². The van der Waals surface area contributed by atoms with Gasteiger partial charge >= 0.3 is 5.97 Å². The van der Waals surface area contributed by atoms with Crippen LogP contribution in [0, 0.1) is 0 Å². The van der Waals surface area contributed by atoms with Gasteiger partial charge in [0, 0.05) is 19.2 Å². The molecule has 5 heteroatoms. The highest BCUT2D eigenvalue weighted by Crippen LogP contribution is 1.95. The zero-order valence-electron chi connectivity index (χ0n) is 10.1. The first-order valence-electron chi connectivity index (χ1n) is 5.31. The molecule has 0 aliphatic carbocycles. The zero-order valence-corrected chi connectivity index (χ0v) is 10.1. The minimum absolute atomic E-state index is 0.0347. The molecule has 0 radical (unpaired) electrons. The summed E-state index contributed by atoms with van der Waals surface area (Å²) in [5, 5.41) is 11.3. The Labute approximate surface area is 96.1 Å². The van der Waals surface area contributed by atoms with Crippen LogP contribution in [0.25, 0.3) is 0 Å². The molecule has 92 valence electrons. The van der Waals surface area contributed by atoms with Gasteiger partial charge in [-0.2, -0.15) is 0 Å². The van der Waals surface area contributed by atoms with Crippen LogP contribution in [0.5, 0.6) is 0 Å². The van der Waals surface area contributed by atoms with Crippen LogP contribution in [-0.4, -0.2) is 48.6 Å². The molecule has 0 rings (SSSR count). The van der Waals surface area contributed by atoms with Crippen molar-refractivity contribution in [2.45, 2.75) is 20.3 Å². The Morgan fingerprint density at radius 2 is 2.00 bits per heavy atom. The van der Waals surface area contributed by atoms with Crippen molar-refractivity contribution in [1.82, 2.24) is 10.2 Å². The van der Waals surface area contributed by atoms with E-state index in [2.05, 4.69) is 5.32 Å². The van der Waals surface area contributed by atoms with Crippen molar-refractivity contribution in [3.63, 3.8) is 0 Å². The van der Waals surface area contributed by atoms with Crippen LogP contribution >= 0.6 is 0 Å². The van der Waals surface area contributed by atoms with Crippen molar-refractivity contribution in [2.75, 3.05) is 26.7 Å². The average molecular weight is 228 g/mol. The Balaban J connectivity index is 3.94. The van der Waals surface area contributed by atoms with Gasteiger partial charge in [0.2, 0.25) is 5.91 Å². The van der Waals surface area contributed by atoms with Gasteiger partial charge in [0.15, 0.2) is 0 Å². The summed E-state index contributed by atoms with van der Waals surface area (Å²) >= 11 is 0. The molecule has 0 aromatic carbocycles. The Morgan fingerprint density at radius 1 is 1.38 bits per heavy atom. The topological polar surface area (TPSA) is 69.6 Å². The zero-order chi connectivity index (χ0) is 12.6. The van der Waals surface area contributed by atoms with Gasteiger partial charge in [-0.1, -0.05) is 12.5 Å². The summed E-state index contributed by atoms with van der Waals surface area (Å²) in [7, 11) is 1.78. The van der Waals surface area contributed by atoms with E-state index < -0.39 is 5.97 Å². The fourth-order valence-corrected chi connectivity index (χ4v) is 1.30. The fourth-order valence-electron chi connectivity index (χ4n) is 1.30. The second kappa shape index (κ2) is 7.87. The molecule has 0 atom stereocenters. The molecule has 0 aromatic rings. The van der Waals surface area contributed by atoms with Crippen LogP contribution in [-0.2, 0) is 9.59 Å². The monoisotopic (exact) mass is 228 g/mol. The van der Waals surface area contributed by atoms with Crippen LogP contribution < -0.4 is 5.32 Å². The highest BCUT2D eigenvalue weighted by atomic mass is 16.4. The lowest BCUT2D eigenvalue weighted by Crippen LogP contribution is -2.36. The molecule has 5 nitrogen and oxygen atoms in total. The summed E-state index contributed by atoms with van der Waals surface area (Å²) in [5.41, 5.74) is 0.721. The largest absolute Gasteiger partial charge is 0.478 e. The molecular weight excluding hydrogens is 208 g/mol. The number of nitrogens with zero attached hydrogens (tertiary/aromatic N) is 1. The summed E-state index contributed by atoms with van der Waals surface area (Å²) in [5.74, 6) is -0.992. The van der Waals surface area contributed by atoms with Gasteiger partial charge in [-0.3, -0.25) is 9.69 Å². The smallest absolute Gasteiger partial charge is 0.328 e. The van der Waals surface area contributed by atoms with E-state index in [0.29, 0.717) is 13.1 Å². The fraction of sp³-hybridized carbons (Fsp3) is 0.636. The third-order valence-electron chi connectivity index (χ3n) is 1.87. The molecule has 1 amide bonds. The first-order chi connectivity index (χ1) is 7.45. The van der Waals surface area contributed by atoms with E-state index in [0.717, 1.165) is 18.1 Å². The van der Waals surface area contributed by atoms with E-state index >= 15 is 0 Å². The van der Waals surface area contributed by atoms with Gasteiger partial charge < -0.3 is 10.4 Å². The van der Waals surface area contributed by atoms with Crippen molar-refractivity contribution in [1.29, 1.82) is 0 Å². The highest BCUT2D eigenvalue weighted by Gasteiger charge is 2.06. The highest BCUT2D eigenvalue weighted by molar-refractivity contribution is 5.80. The number of hydrogen-bond acceptors (Lipinski definition) is 3. The number of likely N-dealkylation sites (N-methyl/N-ethyl adjacent to an activating group) is 1. The summed E-state index contributed by atoms with van der Waals surface area (Å²) < 4.78 is 0. The number of rotatable bonds is 7. The molecule has 0 saturated heterocycles. The molecular formula is C11H20N2O3. The third-order valence-corrected chi connectivity index (χ3v) is 1.87. The Kier molecular flexibility index (Phi) is 7.20. The predicted molar refractivity (Wildman–Crippen MR) is 62.2 cm³/mol. The van der Waals surface area contributed by atoms with Crippen LogP contribution in [0.3, 0.4) is 0 Å². The normalized spacial score (nSPS) is 11.6. The number of amides is 1. The summed E-state index contributed by atoms with van der Waals surface area (Å²) in [6, 6.07) is 0.